The fourth-order valence-electron chi connectivity index (χ4n) is 11.2. The van der Waals surface area contributed by atoms with Crippen LogP contribution in [-0.4, -0.2) is 218 Å². The summed E-state index contributed by atoms with van der Waals surface area (Å²) in [6.07, 6.45) is -0.299. The molecule has 4 amide bonds. The summed E-state index contributed by atoms with van der Waals surface area (Å²) in [5.74, 6) is -6.44. The van der Waals surface area contributed by atoms with Gasteiger partial charge in [-0.15, -0.1) is 0 Å². The number of epoxide rings is 1. The zero-order chi connectivity index (χ0) is 76.8. The Balaban J connectivity index is 1.01. The number of ether oxygens (including phenoxy) is 11. The molecule has 0 bridgehead atoms. The number of amides is 4. The Morgan fingerprint density at radius 3 is 1.88 bits per heavy atom. The first kappa shape index (κ1) is 88.5. The van der Waals surface area contributed by atoms with Gasteiger partial charge in [0.25, 0.3) is 0 Å². The summed E-state index contributed by atoms with van der Waals surface area (Å²) >= 11 is 6.41. The molecule has 5 rings (SSSR count). The third kappa shape index (κ3) is 34.1. The van der Waals surface area contributed by atoms with Crippen LogP contribution in [0.1, 0.15) is 140 Å². The number of benzene rings is 3. The minimum Gasteiger partial charge on any atom is -0.481 e. The standard InChI is InChI=1S/C78H113ClN4O22/c1-51(2)44-67-76(93)103-66(12-11-13-68(86)82-64(46-59-15-14-53(5)63(79)45-59)75(92)80-50-78(8,9)77(94)104-67)54(6)72-73(105-72)60-23-20-56(21-24-60)22-25-71(90)102-49-58-18-16-57(17-19-58)47-65(85)55(7)81-74(91)62(52(3)4)48-61(84)26-29-83(30-27-70(88)89)69(87)28-31-96-34-35-98-38-39-100-42-43-101-41-40-99-37-36-97-33-32-95-10/h11,13-21,23-24,45,51-52,54-55,62,64,66-67,71-73,90H,12,22,25-44,46-50H2,1-10H3,(H,80,92)(H,81,91)(H,82,86)(H,88,89)/b13-11+/t54-,55-,62-,64+,66-,67-,71?,72+,73+/m0/s1. The molecule has 0 aliphatic carbocycles. The van der Waals surface area contributed by atoms with Gasteiger partial charge in [-0.1, -0.05) is 113 Å². The van der Waals surface area contributed by atoms with Crippen molar-refractivity contribution < 1.29 is 105 Å². The Kier molecular flexibility index (Phi) is 40.1. The number of carboxylic acid groups (broad SMARTS) is 1. The van der Waals surface area contributed by atoms with Crippen LogP contribution >= 0.6 is 11.6 Å². The van der Waals surface area contributed by atoms with Crippen molar-refractivity contribution in [1.82, 2.24) is 20.9 Å². The van der Waals surface area contributed by atoms with E-state index in [1.54, 1.807) is 78.1 Å². The molecule has 2 aliphatic rings. The van der Waals surface area contributed by atoms with E-state index in [0.717, 1.165) is 27.8 Å². The fourth-order valence-corrected chi connectivity index (χ4v) is 11.4. The lowest BCUT2D eigenvalue weighted by atomic mass is 9.88. The first-order chi connectivity index (χ1) is 50.1. The number of methoxy groups -OCH3 is 1. The summed E-state index contributed by atoms with van der Waals surface area (Å²) < 4.78 is 61.8. The van der Waals surface area contributed by atoms with Gasteiger partial charge in [0.15, 0.2) is 18.2 Å². The van der Waals surface area contributed by atoms with Crippen LogP contribution in [0, 0.1) is 36.0 Å². The van der Waals surface area contributed by atoms with Crippen LogP contribution in [0.5, 0.6) is 0 Å². The third-order valence-electron chi connectivity index (χ3n) is 17.9. The van der Waals surface area contributed by atoms with Crippen LogP contribution in [0.25, 0.3) is 0 Å². The van der Waals surface area contributed by atoms with E-state index in [4.69, 9.17) is 63.7 Å². The molecule has 0 aromatic heterocycles. The van der Waals surface area contributed by atoms with Gasteiger partial charge in [-0.05, 0) is 97.9 Å². The van der Waals surface area contributed by atoms with E-state index in [2.05, 4.69) is 16.0 Å². The van der Waals surface area contributed by atoms with Gasteiger partial charge in [0.2, 0.25) is 23.6 Å². The second-order valence-electron chi connectivity index (χ2n) is 28.0. The highest BCUT2D eigenvalue weighted by Gasteiger charge is 2.48. The van der Waals surface area contributed by atoms with Crippen molar-refractivity contribution in [3.8, 4) is 0 Å². The second-order valence-corrected chi connectivity index (χ2v) is 28.4. The number of nitrogens with one attached hydrogen (secondary N) is 3. The van der Waals surface area contributed by atoms with Crippen molar-refractivity contribution in [1.29, 1.82) is 0 Å². The Bertz CT molecular complexity index is 3220. The summed E-state index contributed by atoms with van der Waals surface area (Å²) in [4.78, 5) is 121. The minimum absolute atomic E-state index is 0.0178. The molecule has 0 radical (unpaired) electrons. The maximum absolute atomic E-state index is 14.0. The van der Waals surface area contributed by atoms with Gasteiger partial charge in [-0.3, -0.25) is 38.4 Å². The molecule has 105 heavy (non-hydrogen) atoms. The summed E-state index contributed by atoms with van der Waals surface area (Å²) in [5, 5.41) is 29.1. The number of aliphatic hydroxyl groups excluding tert-OH is 1. The molecular weight excluding hydrogens is 1380 g/mol. The number of halogens is 1. The zero-order valence-electron chi connectivity index (χ0n) is 62.8. The molecule has 27 heteroatoms. The number of aryl methyl sites for hydroxylation is 2. The number of rotatable bonds is 48. The number of aliphatic carboxylic acids is 1. The van der Waals surface area contributed by atoms with E-state index < -0.39 is 77.5 Å². The van der Waals surface area contributed by atoms with E-state index >= 15 is 0 Å². The predicted octanol–water partition coefficient (Wildman–Crippen LogP) is 7.57. The molecule has 2 aliphatic heterocycles. The Morgan fingerprint density at radius 2 is 1.30 bits per heavy atom. The first-order valence-corrected chi connectivity index (χ1v) is 36.8. The largest absolute Gasteiger partial charge is 0.481 e. The normalized spacial score (nSPS) is 19.4. The topological polar surface area (TPSA) is 338 Å². The van der Waals surface area contributed by atoms with Crippen LogP contribution in [0.2, 0.25) is 5.02 Å². The quantitative estimate of drug-likeness (QED) is 0.0157. The maximum Gasteiger partial charge on any atom is 0.347 e. The monoisotopic (exact) mass is 1490 g/mol. The molecule has 0 saturated carbocycles. The number of hydrogen-bond donors (Lipinski definition) is 5. The minimum atomic E-state index is -1.26. The molecule has 26 nitrogen and oxygen atoms in total. The van der Waals surface area contributed by atoms with Crippen molar-refractivity contribution in [2.24, 2.45) is 29.1 Å². The number of carbonyl (C=O) groups is 9. The van der Waals surface area contributed by atoms with Crippen LogP contribution in [-0.2, 0) is 121 Å². The smallest absolute Gasteiger partial charge is 0.347 e. The number of carbonyl (C=O) groups excluding carboxylic acids is 8. The Labute approximate surface area is 623 Å². The second kappa shape index (κ2) is 47.6. The van der Waals surface area contributed by atoms with E-state index in [1.165, 1.54) is 11.0 Å². The van der Waals surface area contributed by atoms with E-state index in [1.807, 2.05) is 64.1 Å². The molecule has 3 aromatic rings. The average Bonchev–Trinajstić information content (AvgIpc) is 1.63. The molecule has 9 atom stereocenters. The number of nitrogens with zero attached hydrogens (tertiary/aromatic N) is 1. The number of carboxylic acids is 1. The third-order valence-corrected chi connectivity index (χ3v) is 18.3. The highest BCUT2D eigenvalue weighted by Crippen LogP contribution is 2.45. The van der Waals surface area contributed by atoms with Gasteiger partial charge in [0.05, 0.1) is 123 Å². The average molecular weight is 1490 g/mol. The number of hydrogen-bond acceptors (Lipinski definition) is 21. The molecule has 1 unspecified atom stereocenters. The predicted molar refractivity (Wildman–Crippen MR) is 389 cm³/mol. The van der Waals surface area contributed by atoms with E-state index in [-0.39, 0.29) is 145 Å². The van der Waals surface area contributed by atoms with Crippen molar-refractivity contribution in [2.75, 3.05) is 113 Å². The molecule has 0 spiro atoms. The van der Waals surface area contributed by atoms with Crippen LogP contribution in [0.4, 0.5) is 0 Å². The van der Waals surface area contributed by atoms with Crippen LogP contribution in [0.3, 0.4) is 0 Å². The summed E-state index contributed by atoms with van der Waals surface area (Å²) in [6.45, 7) is 20.8. The van der Waals surface area contributed by atoms with E-state index in [9.17, 15) is 53.4 Å². The summed E-state index contributed by atoms with van der Waals surface area (Å²) in [6, 6.07) is 18.5. The van der Waals surface area contributed by atoms with E-state index in [0.29, 0.717) is 89.5 Å². The van der Waals surface area contributed by atoms with Crippen LogP contribution < -0.4 is 16.0 Å². The van der Waals surface area contributed by atoms with Crippen molar-refractivity contribution in [3.63, 3.8) is 0 Å². The molecule has 2 heterocycles. The van der Waals surface area contributed by atoms with Gasteiger partial charge in [-0.25, -0.2) is 4.79 Å². The number of ketones is 2. The number of esters is 2. The van der Waals surface area contributed by atoms with Crippen molar-refractivity contribution in [2.45, 2.75) is 176 Å². The molecule has 1 saturated heterocycles. The molecule has 5 N–H and O–H groups in total. The molecule has 3 aromatic carbocycles. The number of aliphatic hydroxyl groups is 1. The SMILES string of the molecule is COCCOCCOCCOCCOCCOCCOCCC(=O)N(CCC(=O)O)CCC(=O)C[C@H](C(=O)N[C@@H](C)C(=O)Cc1ccc(COC(O)CCc2ccc([C@H]3O[C@@H]3[C@@H](C)[C@@H]3C/C=C/C(=O)N[C@H](Cc4ccc(C)c(Cl)c4)C(=O)NCC(C)(C)C(=O)O[C@@H](CC(C)C)C(=O)O3)cc2)cc1)C(C)C. The molecular formula is C78H113ClN4O22. The number of cyclic esters (lactones) is 2. The van der Waals surface area contributed by atoms with Gasteiger partial charge in [0, 0.05) is 82.1 Å². The molecule has 1 fully saturated rings. The van der Waals surface area contributed by atoms with Crippen LogP contribution in [0.15, 0.2) is 78.9 Å². The Hall–Kier alpha value is -7.08. The van der Waals surface area contributed by atoms with Crippen molar-refractivity contribution >= 4 is 64.7 Å². The highest BCUT2D eigenvalue weighted by atomic mass is 35.5. The first-order valence-electron chi connectivity index (χ1n) is 36.5. The lowest BCUT2D eigenvalue weighted by Crippen LogP contribution is -2.51. The lowest BCUT2D eigenvalue weighted by Gasteiger charge is -2.29. The number of Topliss-reactive ketones (excluding diaryl/α,β-unsaturated/α-hetero) is 2. The molecule has 584 valence electrons. The van der Waals surface area contributed by atoms with Gasteiger partial charge in [0.1, 0.15) is 24.0 Å². The highest BCUT2D eigenvalue weighted by molar-refractivity contribution is 6.31. The van der Waals surface area contributed by atoms with Gasteiger partial charge < -0.3 is 83.2 Å². The fraction of sp³-hybridized carbons (Fsp3) is 0.628. The zero-order valence-corrected chi connectivity index (χ0v) is 63.6. The summed E-state index contributed by atoms with van der Waals surface area (Å²) in [5.41, 5.74) is 3.61. The lowest BCUT2D eigenvalue weighted by molar-refractivity contribution is -0.179. The van der Waals surface area contributed by atoms with Gasteiger partial charge in [-0.2, -0.15) is 0 Å². The summed E-state index contributed by atoms with van der Waals surface area (Å²) in [7, 11) is 1.62. The maximum atomic E-state index is 14.0. The van der Waals surface area contributed by atoms with Gasteiger partial charge >= 0.3 is 17.9 Å². The van der Waals surface area contributed by atoms with Crippen molar-refractivity contribution in [3.05, 3.63) is 117 Å². The Morgan fingerprint density at radius 1 is 0.724 bits per heavy atom.